The fourth-order valence-electron chi connectivity index (χ4n) is 2.20. The SMILES string of the molecule is Cc1cc(Br)cc(C(=O)N(C)Cc2ccccc2C)c1. The fraction of sp³-hybridized carbons (Fsp3) is 0.235. The lowest BCUT2D eigenvalue weighted by atomic mass is 10.1. The van der Waals surface area contributed by atoms with Gasteiger partial charge in [0.1, 0.15) is 0 Å². The first-order valence-corrected chi connectivity index (χ1v) is 7.34. The Hall–Kier alpha value is -1.61. The standard InChI is InChI=1S/C17H18BrNO/c1-12-8-15(10-16(18)9-12)17(20)19(3)11-14-7-5-4-6-13(14)2/h4-10H,11H2,1-3H3. The summed E-state index contributed by atoms with van der Waals surface area (Å²) in [6.07, 6.45) is 0. The molecule has 20 heavy (non-hydrogen) atoms. The summed E-state index contributed by atoms with van der Waals surface area (Å²) in [5, 5.41) is 0. The highest BCUT2D eigenvalue weighted by Gasteiger charge is 2.13. The quantitative estimate of drug-likeness (QED) is 0.819. The summed E-state index contributed by atoms with van der Waals surface area (Å²) in [7, 11) is 1.84. The van der Waals surface area contributed by atoms with Crippen LogP contribution >= 0.6 is 15.9 Å². The zero-order chi connectivity index (χ0) is 14.7. The monoisotopic (exact) mass is 331 g/mol. The van der Waals surface area contributed by atoms with E-state index in [1.807, 2.05) is 44.3 Å². The first-order valence-electron chi connectivity index (χ1n) is 6.54. The molecule has 0 aliphatic heterocycles. The average molecular weight is 332 g/mol. The molecule has 0 heterocycles. The molecule has 0 unspecified atom stereocenters. The molecule has 3 heteroatoms. The molecular weight excluding hydrogens is 314 g/mol. The minimum atomic E-state index is 0.0395. The van der Waals surface area contributed by atoms with E-state index in [0.717, 1.165) is 10.0 Å². The zero-order valence-corrected chi connectivity index (χ0v) is 13.6. The maximum absolute atomic E-state index is 12.5. The average Bonchev–Trinajstić information content (AvgIpc) is 2.39. The Kier molecular flexibility index (Phi) is 4.61. The molecule has 2 aromatic rings. The van der Waals surface area contributed by atoms with Crippen molar-refractivity contribution in [3.63, 3.8) is 0 Å². The number of rotatable bonds is 3. The van der Waals surface area contributed by atoms with E-state index < -0.39 is 0 Å². The van der Waals surface area contributed by atoms with Crippen LogP contribution in [0.3, 0.4) is 0 Å². The van der Waals surface area contributed by atoms with Gasteiger partial charge in [-0.1, -0.05) is 40.2 Å². The molecule has 1 amide bonds. The van der Waals surface area contributed by atoms with Gasteiger partial charge in [-0.05, 0) is 48.7 Å². The van der Waals surface area contributed by atoms with E-state index in [1.165, 1.54) is 11.1 Å². The van der Waals surface area contributed by atoms with Crippen LogP contribution in [0.2, 0.25) is 0 Å². The maximum atomic E-state index is 12.5. The van der Waals surface area contributed by atoms with E-state index >= 15 is 0 Å². The molecule has 2 rings (SSSR count). The minimum Gasteiger partial charge on any atom is -0.337 e. The van der Waals surface area contributed by atoms with Crippen LogP contribution in [0.25, 0.3) is 0 Å². The molecule has 0 bridgehead atoms. The molecule has 0 aliphatic carbocycles. The van der Waals surface area contributed by atoms with Crippen molar-refractivity contribution in [1.29, 1.82) is 0 Å². The molecule has 104 valence electrons. The molecule has 0 saturated carbocycles. The van der Waals surface area contributed by atoms with Crippen molar-refractivity contribution >= 4 is 21.8 Å². The molecule has 2 nitrogen and oxygen atoms in total. The number of hydrogen-bond donors (Lipinski definition) is 0. The summed E-state index contributed by atoms with van der Waals surface area (Å²) in [5.41, 5.74) is 4.17. The molecule has 0 radical (unpaired) electrons. The number of amides is 1. The second kappa shape index (κ2) is 6.23. The summed E-state index contributed by atoms with van der Waals surface area (Å²) >= 11 is 3.44. The van der Waals surface area contributed by atoms with E-state index in [4.69, 9.17) is 0 Å². The molecule has 0 N–H and O–H groups in total. The Bertz CT molecular complexity index is 616. The normalized spacial score (nSPS) is 10.4. The maximum Gasteiger partial charge on any atom is 0.253 e. The highest BCUT2D eigenvalue weighted by Crippen LogP contribution is 2.18. The van der Waals surface area contributed by atoms with Crippen molar-refractivity contribution in [3.8, 4) is 0 Å². The molecule has 0 atom stereocenters. The van der Waals surface area contributed by atoms with Crippen LogP contribution in [0, 0.1) is 13.8 Å². The van der Waals surface area contributed by atoms with Crippen LogP contribution in [-0.2, 0) is 6.54 Å². The second-order valence-corrected chi connectivity index (χ2v) is 6.02. The number of carbonyl (C=O) groups excluding carboxylic acids is 1. The van der Waals surface area contributed by atoms with E-state index in [-0.39, 0.29) is 5.91 Å². The van der Waals surface area contributed by atoms with Gasteiger partial charge < -0.3 is 4.90 Å². The Morgan fingerprint density at radius 1 is 1.15 bits per heavy atom. The Morgan fingerprint density at radius 3 is 2.50 bits per heavy atom. The first kappa shape index (κ1) is 14.8. The second-order valence-electron chi connectivity index (χ2n) is 5.10. The highest BCUT2D eigenvalue weighted by atomic mass is 79.9. The van der Waals surface area contributed by atoms with Crippen molar-refractivity contribution in [2.24, 2.45) is 0 Å². The number of hydrogen-bond acceptors (Lipinski definition) is 1. The lowest BCUT2D eigenvalue weighted by Gasteiger charge is -2.19. The van der Waals surface area contributed by atoms with Crippen molar-refractivity contribution in [3.05, 3.63) is 69.2 Å². The van der Waals surface area contributed by atoms with Gasteiger partial charge in [-0.15, -0.1) is 0 Å². The van der Waals surface area contributed by atoms with Gasteiger partial charge in [0.2, 0.25) is 0 Å². The molecule has 2 aromatic carbocycles. The van der Waals surface area contributed by atoms with Gasteiger partial charge >= 0.3 is 0 Å². The summed E-state index contributed by atoms with van der Waals surface area (Å²) in [6, 6.07) is 13.9. The van der Waals surface area contributed by atoms with Gasteiger partial charge in [-0.25, -0.2) is 0 Å². The smallest absolute Gasteiger partial charge is 0.253 e. The van der Waals surface area contributed by atoms with Crippen LogP contribution < -0.4 is 0 Å². The number of nitrogens with zero attached hydrogens (tertiary/aromatic N) is 1. The topological polar surface area (TPSA) is 20.3 Å². The lowest BCUT2D eigenvalue weighted by molar-refractivity contribution is 0.0785. The van der Waals surface area contributed by atoms with E-state index in [1.54, 1.807) is 4.90 Å². The van der Waals surface area contributed by atoms with Crippen molar-refractivity contribution in [2.75, 3.05) is 7.05 Å². The van der Waals surface area contributed by atoms with Gasteiger partial charge in [-0.2, -0.15) is 0 Å². The summed E-state index contributed by atoms with van der Waals surface area (Å²) in [4.78, 5) is 14.2. The van der Waals surface area contributed by atoms with Crippen LogP contribution in [-0.4, -0.2) is 17.9 Å². The number of halogens is 1. The summed E-state index contributed by atoms with van der Waals surface area (Å²) in [5.74, 6) is 0.0395. The Balaban J connectivity index is 2.18. The molecule has 0 spiro atoms. The number of benzene rings is 2. The lowest BCUT2D eigenvalue weighted by Crippen LogP contribution is -2.26. The summed E-state index contributed by atoms with van der Waals surface area (Å²) < 4.78 is 0.935. The minimum absolute atomic E-state index is 0.0395. The van der Waals surface area contributed by atoms with Crippen LogP contribution in [0.5, 0.6) is 0 Å². The fourth-order valence-corrected chi connectivity index (χ4v) is 2.80. The van der Waals surface area contributed by atoms with Gasteiger partial charge in [0.25, 0.3) is 5.91 Å². The van der Waals surface area contributed by atoms with E-state index in [0.29, 0.717) is 12.1 Å². The first-order chi connectivity index (χ1) is 9.47. The van der Waals surface area contributed by atoms with Crippen LogP contribution in [0.4, 0.5) is 0 Å². The van der Waals surface area contributed by atoms with Gasteiger partial charge in [0.05, 0.1) is 0 Å². The van der Waals surface area contributed by atoms with Crippen molar-refractivity contribution in [1.82, 2.24) is 4.90 Å². The van der Waals surface area contributed by atoms with E-state index in [9.17, 15) is 4.79 Å². The van der Waals surface area contributed by atoms with Gasteiger partial charge in [-0.3, -0.25) is 4.79 Å². The van der Waals surface area contributed by atoms with Crippen molar-refractivity contribution < 1.29 is 4.79 Å². The summed E-state index contributed by atoms with van der Waals surface area (Å²) in [6.45, 7) is 4.68. The van der Waals surface area contributed by atoms with Crippen LogP contribution in [0.15, 0.2) is 46.9 Å². The number of carbonyl (C=O) groups is 1. The Morgan fingerprint density at radius 2 is 1.85 bits per heavy atom. The molecule has 0 fully saturated rings. The highest BCUT2D eigenvalue weighted by molar-refractivity contribution is 9.10. The molecule has 0 aliphatic rings. The Labute approximate surface area is 128 Å². The van der Waals surface area contributed by atoms with Gasteiger partial charge in [0, 0.05) is 23.6 Å². The van der Waals surface area contributed by atoms with Crippen molar-refractivity contribution in [2.45, 2.75) is 20.4 Å². The predicted octanol–water partition coefficient (Wildman–Crippen LogP) is 4.34. The molecular formula is C17H18BrNO. The van der Waals surface area contributed by atoms with Gasteiger partial charge in [0.15, 0.2) is 0 Å². The predicted molar refractivity (Wildman–Crippen MR) is 85.9 cm³/mol. The van der Waals surface area contributed by atoms with E-state index in [2.05, 4.69) is 35.0 Å². The third-order valence-electron chi connectivity index (χ3n) is 3.30. The molecule has 0 saturated heterocycles. The largest absolute Gasteiger partial charge is 0.337 e. The third-order valence-corrected chi connectivity index (χ3v) is 3.76. The molecule has 0 aromatic heterocycles. The third kappa shape index (κ3) is 3.48. The van der Waals surface area contributed by atoms with Crippen LogP contribution in [0.1, 0.15) is 27.0 Å². The number of aryl methyl sites for hydroxylation is 2. The zero-order valence-electron chi connectivity index (χ0n) is 12.0.